The van der Waals surface area contributed by atoms with Crippen molar-refractivity contribution in [1.29, 1.82) is 0 Å². The highest BCUT2D eigenvalue weighted by Crippen LogP contribution is 2.13. The van der Waals surface area contributed by atoms with E-state index in [0.717, 1.165) is 18.4 Å². The van der Waals surface area contributed by atoms with E-state index in [9.17, 15) is 9.59 Å². The third kappa shape index (κ3) is 3.32. The predicted octanol–water partition coefficient (Wildman–Crippen LogP) is 3.64. The molecule has 0 radical (unpaired) electrons. The summed E-state index contributed by atoms with van der Waals surface area (Å²) in [4.78, 5) is 23.9. The second kappa shape index (κ2) is 6.66. The van der Waals surface area contributed by atoms with Crippen LogP contribution in [0, 0.1) is 0 Å². The van der Waals surface area contributed by atoms with Crippen LogP contribution >= 0.6 is 0 Å². The van der Waals surface area contributed by atoms with E-state index in [1.54, 1.807) is 42.5 Å². The van der Waals surface area contributed by atoms with Crippen LogP contribution in [0.25, 0.3) is 0 Å². The van der Waals surface area contributed by atoms with Gasteiger partial charge >= 0.3 is 11.9 Å². The van der Waals surface area contributed by atoms with Gasteiger partial charge in [-0.15, -0.1) is 0 Å². The summed E-state index contributed by atoms with van der Waals surface area (Å²) in [7, 11) is 0. The van der Waals surface area contributed by atoms with Gasteiger partial charge in [-0.3, -0.25) is 0 Å². The third-order valence-corrected chi connectivity index (χ3v) is 2.95. The number of esters is 2. The summed E-state index contributed by atoms with van der Waals surface area (Å²) in [6, 6.07) is 15.7. The summed E-state index contributed by atoms with van der Waals surface area (Å²) >= 11 is 0. The highest BCUT2D eigenvalue weighted by molar-refractivity contribution is 6.03. The fourth-order valence-corrected chi connectivity index (χ4v) is 1.98. The van der Waals surface area contributed by atoms with Crippen LogP contribution in [0.3, 0.4) is 0 Å². The number of carbonyl (C=O) groups excluding carboxylic acids is 2. The lowest BCUT2D eigenvalue weighted by Crippen LogP contribution is -2.14. The second-order valence-electron chi connectivity index (χ2n) is 4.45. The van der Waals surface area contributed by atoms with Gasteiger partial charge < -0.3 is 4.74 Å². The molecule has 0 aliphatic heterocycles. The molecule has 0 N–H and O–H groups in total. The van der Waals surface area contributed by atoms with Gasteiger partial charge in [0.2, 0.25) is 0 Å². The van der Waals surface area contributed by atoms with E-state index < -0.39 is 11.9 Å². The quantitative estimate of drug-likeness (QED) is 0.628. The van der Waals surface area contributed by atoms with Crippen LogP contribution < -0.4 is 0 Å². The molecule has 0 heterocycles. The number of aryl methyl sites for hydroxylation is 1. The summed E-state index contributed by atoms with van der Waals surface area (Å²) in [5.41, 5.74) is 1.73. The molecule has 0 aromatic heterocycles. The van der Waals surface area contributed by atoms with E-state index in [-0.39, 0.29) is 0 Å². The predicted molar refractivity (Wildman–Crippen MR) is 76.6 cm³/mol. The molecule has 0 aliphatic rings. The Balaban J connectivity index is 2.15. The first-order chi connectivity index (χ1) is 9.72. The largest absolute Gasteiger partial charge is 0.386 e. The zero-order chi connectivity index (χ0) is 14.4. The molecular formula is C17H16O3. The van der Waals surface area contributed by atoms with Crippen LogP contribution in [0.1, 0.15) is 39.6 Å². The van der Waals surface area contributed by atoms with Crippen molar-refractivity contribution in [2.75, 3.05) is 0 Å². The minimum absolute atomic E-state index is 0.369. The Morgan fingerprint density at radius 3 is 2.25 bits per heavy atom. The smallest absolute Gasteiger partial charge is 0.346 e. The normalized spacial score (nSPS) is 10.1. The topological polar surface area (TPSA) is 43.4 Å². The van der Waals surface area contributed by atoms with Gasteiger partial charge in [-0.25, -0.2) is 9.59 Å². The van der Waals surface area contributed by atoms with E-state index in [0.29, 0.717) is 11.1 Å². The Bertz CT molecular complexity index is 603. The summed E-state index contributed by atoms with van der Waals surface area (Å²) < 4.78 is 4.93. The Labute approximate surface area is 118 Å². The van der Waals surface area contributed by atoms with Crippen LogP contribution in [0.4, 0.5) is 0 Å². The molecular weight excluding hydrogens is 252 g/mol. The molecule has 0 saturated heterocycles. The molecule has 0 unspecified atom stereocenters. The lowest BCUT2D eigenvalue weighted by atomic mass is 10.0. The molecule has 0 spiro atoms. The van der Waals surface area contributed by atoms with Crippen LogP contribution in [0.15, 0.2) is 54.6 Å². The molecule has 20 heavy (non-hydrogen) atoms. The number of benzene rings is 2. The van der Waals surface area contributed by atoms with Gasteiger partial charge in [-0.2, -0.15) is 0 Å². The van der Waals surface area contributed by atoms with E-state index in [1.807, 2.05) is 19.1 Å². The van der Waals surface area contributed by atoms with Gasteiger partial charge in [-0.05, 0) is 30.2 Å². The minimum Gasteiger partial charge on any atom is -0.386 e. The van der Waals surface area contributed by atoms with Crippen molar-refractivity contribution in [3.63, 3.8) is 0 Å². The van der Waals surface area contributed by atoms with Crippen LogP contribution in [-0.2, 0) is 11.2 Å². The molecule has 0 aliphatic carbocycles. The SMILES string of the molecule is CCCc1ccccc1C(=O)OC(=O)c1ccccc1. The van der Waals surface area contributed by atoms with Crippen molar-refractivity contribution in [2.45, 2.75) is 19.8 Å². The number of rotatable bonds is 4. The molecule has 0 fully saturated rings. The summed E-state index contributed by atoms with van der Waals surface area (Å²) in [6.07, 6.45) is 1.71. The zero-order valence-corrected chi connectivity index (χ0v) is 11.3. The molecule has 2 aromatic rings. The van der Waals surface area contributed by atoms with Crippen LogP contribution in [0.5, 0.6) is 0 Å². The summed E-state index contributed by atoms with van der Waals surface area (Å²) in [6.45, 7) is 2.04. The molecule has 3 heteroatoms. The Hall–Kier alpha value is -2.42. The molecule has 0 amide bonds. The van der Waals surface area contributed by atoms with Gasteiger partial charge in [0.1, 0.15) is 0 Å². The Morgan fingerprint density at radius 2 is 1.55 bits per heavy atom. The van der Waals surface area contributed by atoms with Gasteiger partial charge in [0.25, 0.3) is 0 Å². The standard InChI is InChI=1S/C17H16O3/c1-2-8-13-9-6-7-12-15(13)17(19)20-16(18)14-10-4-3-5-11-14/h3-7,9-12H,2,8H2,1H3. The van der Waals surface area contributed by atoms with Gasteiger partial charge in [0, 0.05) is 0 Å². The number of hydrogen-bond acceptors (Lipinski definition) is 3. The maximum atomic E-state index is 12.1. The van der Waals surface area contributed by atoms with Crippen molar-refractivity contribution in [3.8, 4) is 0 Å². The monoisotopic (exact) mass is 268 g/mol. The lowest BCUT2D eigenvalue weighted by Gasteiger charge is -2.07. The fourth-order valence-electron chi connectivity index (χ4n) is 1.98. The highest BCUT2D eigenvalue weighted by Gasteiger charge is 2.17. The van der Waals surface area contributed by atoms with E-state index in [1.165, 1.54) is 0 Å². The molecule has 102 valence electrons. The van der Waals surface area contributed by atoms with Crippen molar-refractivity contribution < 1.29 is 14.3 Å². The average molecular weight is 268 g/mol. The molecule has 3 nitrogen and oxygen atoms in total. The number of carbonyl (C=O) groups is 2. The Kier molecular flexibility index (Phi) is 4.66. The molecule has 0 saturated carbocycles. The van der Waals surface area contributed by atoms with Crippen LogP contribution in [-0.4, -0.2) is 11.9 Å². The second-order valence-corrected chi connectivity index (χ2v) is 4.45. The maximum Gasteiger partial charge on any atom is 0.346 e. The average Bonchev–Trinajstić information content (AvgIpc) is 2.49. The minimum atomic E-state index is -0.623. The third-order valence-electron chi connectivity index (χ3n) is 2.95. The maximum absolute atomic E-state index is 12.1. The first kappa shape index (κ1) is 14.0. The molecule has 0 bridgehead atoms. The van der Waals surface area contributed by atoms with Gasteiger partial charge in [-0.1, -0.05) is 49.7 Å². The fraction of sp³-hybridized carbons (Fsp3) is 0.176. The molecule has 2 aromatic carbocycles. The molecule has 0 atom stereocenters. The lowest BCUT2D eigenvalue weighted by molar-refractivity contribution is 0.0397. The van der Waals surface area contributed by atoms with E-state index in [4.69, 9.17) is 4.74 Å². The van der Waals surface area contributed by atoms with Crippen molar-refractivity contribution in [2.24, 2.45) is 0 Å². The van der Waals surface area contributed by atoms with E-state index >= 15 is 0 Å². The van der Waals surface area contributed by atoms with E-state index in [2.05, 4.69) is 0 Å². The van der Waals surface area contributed by atoms with Crippen molar-refractivity contribution in [1.82, 2.24) is 0 Å². The number of ether oxygens (including phenoxy) is 1. The summed E-state index contributed by atoms with van der Waals surface area (Å²) in [5, 5.41) is 0. The van der Waals surface area contributed by atoms with Crippen molar-refractivity contribution >= 4 is 11.9 Å². The van der Waals surface area contributed by atoms with Crippen LogP contribution in [0.2, 0.25) is 0 Å². The van der Waals surface area contributed by atoms with Gasteiger partial charge in [0.05, 0.1) is 11.1 Å². The summed E-state index contributed by atoms with van der Waals surface area (Å²) in [5.74, 6) is -1.22. The number of hydrogen-bond donors (Lipinski definition) is 0. The first-order valence-corrected chi connectivity index (χ1v) is 6.62. The van der Waals surface area contributed by atoms with Crippen molar-refractivity contribution in [3.05, 3.63) is 71.3 Å². The zero-order valence-electron chi connectivity index (χ0n) is 11.3. The Morgan fingerprint density at radius 1 is 0.900 bits per heavy atom. The molecule has 2 rings (SSSR count). The first-order valence-electron chi connectivity index (χ1n) is 6.62. The highest BCUT2D eigenvalue weighted by atomic mass is 16.6. The van der Waals surface area contributed by atoms with Gasteiger partial charge in [0.15, 0.2) is 0 Å².